The second-order valence-electron chi connectivity index (χ2n) is 6.50. The molecular weight excluding hydrogens is 250 g/mol. The summed E-state index contributed by atoms with van der Waals surface area (Å²) in [4.78, 5) is 11.6. The molecule has 0 radical (unpaired) electrons. The minimum absolute atomic E-state index is 0.107. The summed E-state index contributed by atoms with van der Waals surface area (Å²) >= 11 is 0. The van der Waals surface area contributed by atoms with Crippen LogP contribution in [0.5, 0.6) is 0 Å². The molecule has 0 spiro atoms. The van der Waals surface area contributed by atoms with Crippen LogP contribution in [0.1, 0.15) is 44.9 Å². The van der Waals surface area contributed by atoms with Gasteiger partial charge in [-0.3, -0.25) is 0 Å². The Morgan fingerprint density at radius 2 is 2.05 bits per heavy atom. The Morgan fingerprint density at radius 3 is 2.63 bits per heavy atom. The average Bonchev–Trinajstić information content (AvgIpc) is 2.92. The molecule has 19 heavy (non-hydrogen) atoms. The molecule has 0 aromatic heterocycles. The van der Waals surface area contributed by atoms with E-state index in [9.17, 15) is 13.6 Å². The number of carbonyl (C=O) groups is 1. The molecule has 0 aromatic rings. The molecule has 3 atom stereocenters. The highest BCUT2D eigenvalue weighted by Crippen LogP contribution is 2.51. The molecule has 3 aliphatic rings. The first-order valence-corrected chi connectivity index (χ1v) is 7.46. The Morgan fingerprint density at radius 1 is 1.26 bits per heavy atom. The number of rotatable bonds is 4. The monoisotopic (exact) mass is 272 g/mol. The van der Waals surface area contributed by atoms with E-state index in [0.29, 0.717) is 18.9 Å². The Bertz CT molecular complexity index is 357. The first-order chi connectivity index (χ1) is 9.03. The quantitative estimate of drug-likeness (QED) is 0.811. The molecule has 3 rings (SSSR count). The highest BCUT2D eigenvalue weighted by molar-refractivity contribution is 5.74. The molecule has 2 amide bonds. The number of urea groups is 1. The molecule has 0 saturated heterocycles. The fourth-order valence-electron chi connectivity index (χ4n) is 3.48. The first-order valence-electron chi connectivity index (χ1n) is 7.46. The highest BCUT2D eigenvalue weighted by Gasteiger charge is 2.44. The standard InChI is InChI=1S/C14H22F2N2O/c15-14(16)5-4-11(7-14)18-13(19)17-8-10-6-12(10)9-2-1-3-9/h9-12H,1-8H2,(H2,17,18,19)/t10-,11?,12-/m0/s1. The fourth-order valence-corrected chi connectivity index (χ4v) is 3.48. The van der Waals surface area contributed by atoms with Gasteiger partial charge in [0, 0.05) is 25.4 Å². The van der Waals surface area contributed by atoms with E-state index in [4.69, 9.17) is 0 Å². The Kier molecular flexibility index (Phi) is 3.39. The van der Waals surface area contributed by atoms with Crippen molar-refractivity contribution in [3.05, 3.63) is 0 Å². The summed E-state index contributed by atoms with van der Waals surface area (Å²) in [7, 11) is 0. The molecule has 0 aromatic carbocycles. The lowest BCUT2D eigenvalue weighted by molar-refractivity contribution is 0.00732. The van der Waals surface area contributed by atoms with Gasteiger partial charge in [0.25, 0.3) is 0 Å². The zero-order valence-corrected chi connectivity index (χ0v) is 11.1. The number of halogens is 2. The summed E-state index contributed by atoms with van der Waals surface area (Å²) in [5, 5.41) is 5.50. The van der Waals surface area contributed by atoms with Gasteiger partial charge in [0.15, 0.2) is 0 Å². The number of amides is 2. The fraction of sp³-hybridized carbons (Fsp3) is 0.929. The van der Waals surface area contributed by atoms with Crippen molar-refractivity contribution in [1.82, 2.24) is 10.6 Å². The number of alkyl halides is 2. The maximum Gasteiger partial charge on any atom is 0.315 e. The molecule has 1 unspecified atom stereocenters. The molecule has 0 bridgehead atoms. The maximum absolute atomic E-state index is 13.0. The van der Waals surface area contributed by atoms with Crippen LogP contribution < -0.4 is 10.6 Å². The van der Waals surface area contributed by atoms with E-state index < -0.39 is 5.92 Å². The smallest absolute Gasteiger partial charge is 0.315 e. The van der Waals surface area contributed by atoms with Crippen LogP contribution in [-0.4, -0.2) is 24.5 Å². The van der Waals surface area contributed by atoms with Crippen LogP contribution in [0.4, 0.5) is 13.6 Å². The minimum Gasteiger partial charge on any atom is -0.338 e. The van der Waals surface area contributed by atoms with Gasteiger partial charge < -0.3 is 10.6 Å². The molecule has 3 nitrogen and oxygen atoms in total. The van der Waals surface area contributed by atoms with Crippen molar-refractivity contribution >= 4 is 6.03 Å². The van der Waals surface area contributed by atoms with Gasteiger partial charge in [-0.05, 0) is 30.6 Å². The van der Waals surface area contributed by atoms with Crippen molar-refractivity contribution < 1.29 is 13.6 Å². The molecule has 108 valence electrons. The second-order valence-corrected chi connectivity index (χ2v) is 6.50. The summed E-state index contributed by atoms with van der Waals surface area (Å²) in [6.45, 7) is 0.704. The molecule has 3 saturated carbocycles. The summed E-state index contributed by atoms with van der Waals surface area (Å²) < 4.78 is 26.0. The van der Waals surface area contributed by atoms with E-state index in [0.717, 1.165) is 11.8 Å². The third-order valence-electron chi connectivity index (χ3n) is 5.00. The zero-order valence-electron chi connectivity index (χ0n) is 11.1. The third kappa shape index (κ3) is 3.18. The summed E-state index contributed by atoms with van der Waals surface area (Å²) in [6.07, 6.45) is 5.35. The summed E-state index contributed by atoms with van der Waals surface area (Å²) in [5.74, 6) is -0.265. The van der Waals surface area contributed by atoms with Crippen molar-refractivity contribution in [2.24, 2.45) is 17.8 Å². The number of nitrogens with one attached hydrogen (secondary N) is 2. The molecular formula is C14H22F2N2O. The lowest BCUT2D eigenvalue weighted by Crippen LogP contribution is -2.42. The van der Waals surface area contributed by atoms with Crippen LogP contribution in [0, 0.1) is 17.8 Å². The summed E-state index contributed by atoms with van der Waals surface area (Å²) in [5.41, 5.74) is 0. The SMILES string of the molecule is O=C(NC[C@@H]1C[C@H]1C1CCC1)NC1CCC(F)(F)C1. The van der Waals surface area contributed by atoms with Crippen LogP contribution in [0.3, 0.4) is 0 Å². The predicted molar refractivity (Wildman–Crippen MR) is 68.1 cm³/mol. The van der Waals surface area contributed by atoms with E-state index >= 15 is 0 Å². The number of hydrogen-bond donors (Lipinski definition) is 2. The van der Waals surface area contributed by atoms with Gasteiger partial charge in [0.05, 0.1) is 0 Å². The summed E-state index contributed by atoms with van der Waals surface area (Å²) in [6, 6.07) is -0.640. The third-order valence-corrected chi connectivity index (χ3v) is 5.00. The van der Waals surface area contributed by atoms with Crippen LogP contribution in [0.2, 0.25) is 0 Å². The van der Waals surface area contributed by atoms with E-state index in [-0.39, 0.29) is 24.9 Å². The zero-order chi connectivity index (χ0) is 13.5. The normalized spacial score (nSPS) is 36.6. The minimum atomic E-state index is -2.59. The van der Waals surface area contributed by atoms with E-state index in [2.05, 4.69) is 10.6 Å². The highest BCUT2D eigenvalue weighted by atomic mass is 19.3. The van der Waals surface area contributed by atoms with Gasteiger partial charge >= 0.3 is 6.03 Å². The second kappa shape index (κ2) is 4.91. The Balaban J connectivity index is 1.32. The van der Waals surface area contributed by atoms with Crippen molar-refractivity contribution in [2.75, 3.05) is 6.54 Å². The largest absolute Gasteiger partial charge is 0.338 e. The van der Waals surface area contributed by atoms with E-state index in [1.165, 1.54) is 25.7 Å². The number of hydrogen-bond acceptors (Lipinski definition) is 1. The first kappa shape index (κ1) is 13.1. The maximum atomic E-state index is 13.0. The topological polar surface area (TPSA) is 41.1 Å². The number of carbonyl (C=O) groups excluding carboxylic acids is 1. The van der Waals surface area contributed by atoms with Crippen molar-refractivity contribution in [2.45, 2.75) is 56.9 Å². The predicted octanol–water partition coefficient (Wildman–Crippen LogP) is 2.91. The van der Waals surface area contributed by atoms with Gasteiger partial charge in [-0.2, -0.15) is 0 Å². The molecule has 5 heteroatoms. The molecule has 2 N–H and O–H groups in total. The van der Waals surface area contributed by atoms with Gasteiger partial charge in [-0.25, -0.2) is 13.6 Å². The molecule has 3 aliphatic carbocycles. The van der Waals surface area contributed by atoms with E-state index in [1.54, 1.807) is 0 Å². The lowest BCUT2D eigenvalue weighted by Gasteiger charge is -2.25. The van der Waals surface area contributed by atoms with Gasteiger partial charge in [0.1, 0.15) is 0 Å². The van der Waals surface area contributed by atoms with E-state index in [1.807, 2.05) is 0 Å². The van der Waals surface area contributed by atoms with Gasteiger partial charge in [-0.15, -0.1) is 0 Å². The van der Waals surface area contributed by atoms with Gasteiger partial charge in [0.2, 0.25) is 5.92 Å². The average molecular weight is 272 g/mol. The lowest BCUT2D eigenvalue weighted by atomic mass is 9.81. The molecule has 3 fully saturated rings. The molecule has 0 heterocycles. The van der Waals surface area contributed by atoms with Crippen LogP contribution in [-0.2, 0) is 0 Å². The Labute approximate surface area is 112 Å². The van der Waals surface area contributed by atoms with Crippen molar-refractivity contribution in [3.8, 4) is 0 Å². The molecule has 0 aliphatic heterocycles. The van der Waals surface area contributed by atoms with Crippen LogP contribution in [0.15, 0.2) is 0 Å². The van der Waals surface area contributed by atoms with Crippen molar-refractivity contribution in [3.63, 3.8) is 0 Å². The van der Waals surface area contributed by atoms with Gasteiger partial charge in [-0.1, -0.05) is 19.3 Å². The van der Waals surface area contributed by atoms with Crippen LogP contribution >= 0.6 is 0 Å². The van der Waals surface area contributed by atoms with Crippen molar-refractivity contribution in [1.29, 1.82) is 0 Å². The Hall–Kier alpha value is -0.870. The van der Waals surface area contributed by atoms with Crippen LogP contribution in [0.25, 0.3) is 0 Å².